The molecule has 0 aliphatic carbocycles. The van der Waals surface area contributed by atoms with Crippen LogP contribution in [-0.2, 0) is 14.3 Å². The molecule has 0 aliphatic heterocycles. The van der Waals surface area contributed by atoms with E-state index < -0.39 is 6.09 Å². The predicted molar refractivity (Wildman–Crippen MR) is 64.7 cm³/mol. The standard InChI is InChI=1S/C12H23NO4/c1-4-6-8-17-12(15)13-10(3)9-11(14)16-7-5-2/h10H,4-9H2,1-3H3,(H,13,15). The van der Waals surface area contributed by atoms with Crippen molar-refractivity contribution in [3.8, 4) is 0 Å². The van der Waals surface area contributed by atoms with Crippen molar-refractivity contribution >= 4 is 12.1 Å². The molecular weight excluding hydrogens is 222 g/mol. The van der Waals surface area contributed by atoms with Gasteiger partial charge in [-0.15, -0.1) is 0 Å². The maximum Gasteiger partial charge on any atom is 0.407 e. The number of carbonyl (C=O) groups is 2. The first-order chi connectivity index (χ1) is 8.10. The van der Waals surface area contributed by atoms with Crippen molar-refractivity contribution in [1.82, 2.24) is 5.32 Å². The Kier molecular flexibility index (Phi) is 9.19. The Bertz CT molecular complexity index is 231. The van der Waals surface area contributed by atoms with Gasteiger partial charge in [0.25, 0.3) is 0 Å². The summed E-state index contributed by atoms with van der Waals surface area (Å²) in [5.41, 5.74) is 0. The van der Waals surface area contributed by atoms with E-state index in [2.05, 4.69) is 5.32 Å². The molecule has 0 rings (SSSR count). The van der Waals surface area contributed by atoms with Crippen LogP contribution in [0.2, 0.25) is 0 Å². The summed E-state index contributed by atoms with van der Waals surface area (Å²) < 4.78 is 9.82. The van der Waals surface area contributed by atoms with Gasteiger partial charge in [-0.3, -0.25) is 4.79 Å². The Morgan fingerprint density at radius 1 is 1.12 bits per heavy atom. The fourth-order valence-electron chi connectivity index (χ4n) is 1.13. The summed E-state index contributed by atoms with van der Waals surface area (Å²) in [4.78, 5) is 22.5. The first-order valence-electron chi connectivity index (χ1n) is 6.19. The van der Waals surface area contributed by atoms with Gasteiger partial charge in [0.1, 0.15) is 0 Å². The van der Waals surface area contributed by atoms with Crippen molar-refractivity contribution in [3.05, 3.63) is 0 Å². The number of amides is 1. The second-order valence-electron chi connectivity index (χ2n) is 3.96. The molecule has 1 N–H and O–H groups in total. The Hall–Kier alpha value is -1.26. The maximum atomic E-state index is 11.2. The highest BCUT2D eigenvalue weighted by molar-refractivity contribution is 5.72. The molecule has 0 aliphatic rings. The van der Waals surface area contributed by atoms with Crippen LogP contribution in [0, 0.1) is 0 Å². The summed E-state index contributed by atoms with van der Waals surface area (Å²) in [5.74, 6) is -0.298. The van der Waals surface area contributed by atoms with E-state index in [4.69, 9.17) is 9.47 Å². The van der Waals surface area contributed by atoms with Crippen molar-refractivity contribution in [1.29, 1.82) is 0 Å². The molecule has 1 unspecified atom stereocenters. The van der Waals surface area contributed by atoms with E-state index in [9.17, 15) is 9.59 Å². The lowest BCUT2D eigenvalue weighted by atomic mass is 10.2. The van der Waals surface area contributed by atoms with Gasteiger partial charge in [-0.2, -0.15) is 0 Å². The van der Waals surface area contributed by atoms with Crippen LogP contribution in [0.4, 0.5) is 4.79 Å². The van der Waals surface area contributed by atoms with Crippen molar-refractivity contribution in [2.24, 2.45) is 0 Å². The average molecular weight is 245 g/mol. The highest BCUT2D eigenvalue weighted by Gasteiger charge is 2.13. The fourth-order valence-corrected chi connectivity index (χ4v) is 1.13. The Morgan fingerprint density at radius 3 is 2.41 bits per heavy atom. The molecule has 1 amide bonds. The average Bonchev–Trinajstić information content (AvgIpc) is 2.26. The highest BCUT2D eigenvalue weighted by Crippen LogP contribution is 1.96. The van der Waals surface area contributed by atoms with Crippen molar-refractivity contribution in [3.63, 3.8) is 0 Å². The van der Waals surface area contributed by atoms with Crippen LogP contribution in [-0.4, -0.2) is 31.3 Å². The van der Waals surface area contributed by atoms with Crippen LogP contribution in [0.15, 0.2) is 0 Å². The molecule has 100 valence electrons. The molecule has 5 heteroatoms. The van der Waals surface area contributed by atoms with Crippen LogP contribution in [0.5, 0.6) is 0 Å². The van der Waals surface area contributed by atoms with Gasteiger partial charge in [0.05, 0.1) is 19.6 Å². The van der Waals surface area contributed by atoms with E-state index in [0.717, 1.165) is 19.3 Å². The van der Waals surface area contributed by atoms with E-state index >= 15 is 0 Å². The summed E-state index contributed by atoms with van der Waals surface area (Å²) in [6.07, 6.45) is 2.32. The van der Waals surface area contributed by atoms with E-state index in [-0.39, 0.29) is 18.4 Å². The van der Waals surface area contributed by atoms with E-state index in [0.29, 0.717) is 13.2 Å². The number of nitrogens with one attached hydrogen (secondary N) is 1. The predicted octanol–water partition coefficient (Wildman–Crippen LogP) is 2.24. The normalized spacial score (nSPS) is 11.7. The SMILES string of the molecule is CCCCOC(=O)NC(C)CC(=O)OCCC. The van der Waals surface area contributed by atoms with Gasteiger partial charge >= 0.3 is 12.1 Å². The first kappa shape index (κ1) is 15.7. The van der Waals surface area contributed by atoms with Gasteiger partial charge in [0.2, 0.25) is 0 Å². The summed E-state index contributed by atoms with van der Waals surface area (Å²) in [7, 11) is 0. The number of carbonyl (C=O) groups excluding carboxylic acids is 2. The molecule has 0 spiro atoms. The van der Waals surface area contributed by atoms with Crippen LogP contribution in [0.1, 0.15) is 46.5 Å². The molecule has 0 fully saturated rings. The van der Waals surface area contributed by atoms with Gasteiger partial charge in [0, 0.05) is 6.04 Å². The fraction of sp³-hybridized carbons (Fsp3) is 0.833. The Balaban J connectivity index is 3.65. The zero-order chi connectivity index (χ0) is 13.1. The van der Waals surface area contributed by atoms with Gasteiger partial charge in [-0.05, 0) is 19.8 Å². The lowest BCUT2D eigenvalue weighted by Crippen LogP contribution is -2.35. The van der Waals surface area contributed by atoms with Gasteiger partial charge in [-0.1, -0.05) is 20.3 Å². The Morgan fingerprint density at radius 2 is 1.82 bits per heavy atom. The third-order valence-electron chi connectivity index (χ3n) is 2.04. The minimum absolute atomic E-state index is 0.170. The van der Waals surface area contributed by atoms with E-state index in [1.54, 1.807) is 6.92 Å². The zero-order valence-electron chi connectivity index (χ0n) is 11.0. The van der Waals surface area contributed by atoms with Crippen LogP contribution in [0.3, 0.4) is 0 Å². The van der Waals surface area contributed by atoms with Gasteiger partial charge in [-0.25, -0.2) is 4.79 Å². The number of ether oxygens (including phenoxy) is 2. The van der Waals surface area contributed by atoms with E-state index in [1.807, 2.05) is 13.8 Å². The monoisotopic (exact) mass is 245 g/mol. The smallest absolute Gasteiger partial charge is 0.407 e. The number of rotatable bonds is 8. The van der Waals surface area contributed by atoms with Gasteiger partial charge in [0.15, 0.2) is 0 Å². The molecule has 0 saturated heterocycles. The van der Waals surface area contributed by atoms with Crippen molar-refractivity contribution < 1.29 is 19.1 Å². The molecule has 0 saturated carbocycles. The molecule has 0 aromatic carbocycles. The molecule has 0 aromatic rings. The minimum Gasteiger partial charge on any atom is -0.466 e. The third-order valence-corrected chi connectivity index (χ3v) is 2.04. The summed E-state index contributed by atoms with van der Waals surface area (Å²) >= 11 is 0. The largest absolute Gasteiger partial charge is 0.466 e. The lowest BCUT2D eigenvalue weighted by Gasteiger charge is -2.13. The van der Waals surface area contributed by atoms with E-state index in [1.165, 1.54) is 0 Å². The van der Waals surface area contributed by atoms with Crippen LogP contribution in [0.25, 0.3) is 0 Å². The second-order valence-corrected chi connectivity index (χ2v) is 3.96. The topological polar surface area (TPSA) is 64.6 Å². The third kappa shape index (κ3) is 9.66. The number of esters is 1. The molecule has 0 radical (unpaired) electrons. The Labute approximate surface area is 103 Å². The quantitative estimate of drug-likeness (QED) is 0.526. The molecular formula is C12H23NO4. The number of unbranched alkanes of at least 4 members (excludes halogenated alkanes) is 1. The van der Waals surface area contributed by atoms with Crippen molar-refractivity contribution in [2.45, 2.75) is 52.5 Å². The highest BCUT2D eigenvalue weighted by atomic mass is 16.5. The zero-order valence-corrected chi connectivity index (χ0v) is 11.0. The second kappa shape index (κ2) is 9.93. The molecule has 1 atom stereocenters. The van der Waals surface area contributed by atoms with Crippen molar-refractivity contribution in [2.75, 3.05) is 13.2 Å². The molecule has 0 heterocycles. The number of alkyl carbamates (subject to hydrolysis) is 1. The molecule has 0 bridgehead atoms. The van der Waals surface area contributed by atoms with Gasteiger partial charge < -0.3 is 14.8 Å². The molecule has 17 heavy (non-hydrogen) atoms. The number of hydrogen-bond acceptors (Lipinski definition) is 4. The van der Waals surface area contributed by atoms with Crippen LogP contribution < -0.4 is 5.32 Å². The summed E-state index contributed by atoms with van der Waals surface area (Å²) in [5, 5.41) is 2.58. The summed E-state index contributed by atoms with van der Waals surface area (Å²) in [6, 6.07) is -0.270. The summed E-state index contributed by atoms with van der Waals surface area (Å²) in [6.45, 7) is 6.53. The molecule has 0 aromatic heterocycles. The minimum atomic E-state index is -0.478. The first-order valence-corrected chi connectivity index (χ1v) is 6.19. The lowest BCUT2D eigenvalue weighted by molar-refractivity contribution is -0.144. The maximum absolute atomic E-state index is 11.2. The number of hydrogen-bond donors (Lipinski definition) is 1. The van der Waals surface area contributed by atoms with Crippen LogP contribution >= 0.6 is 0 Å². The molecule has 5 nitrogen and oxygen atoms in total.